The number of aliphatic imine (C=N–C) groups is 1. The minimum atomic E-state index is -0.628. The van der Waals surface area contributed by atoms with Crippen molar-refractivity contribution in [1.29, 1.82) is 5.26 Å². The molecule has 4 nitrogen and oxygen atoms in total. The molecule has 0 unspecified atom stereocenters. The highest BCUT2D eigenvalue weighted by molar-refractivity contribution is 9.10. The minimum Gasteiger partial charge on any atom is -0.396 e. The largest absolute Gasteiger partial charge is 0.396 e. The van der Waals surface area contributed by atoms with Crippen LogP contribution in [-0.2, 0) is 0 Å². The summed E-state index contributed by atoms with van der Waals surface area (Å²) in [6.07, 6.45) is 3.71. The van der Waals surface area contributed by atoms with Gasteiger partial charge >= 0.3 is 0 Å². The molecule has 0 aliphatic carbocycles. The summed E-state index contributed by atoms with van der Waals surface area (Å²) in [5.41, 5.74) is 6.41. The second-order valence-electron chi connectivity index (χ2n) is 3.78. The summed E-state index contributed by atoms with van der Waals surface area (Å²) in [5.74, 6) is -0.628. The number of pyridine rings is 1. The Kier molecular flexibility index (Phi) is 4.32. The number of aromatic nitrogens is 1. The van der Waals surface area contributed by atoms with E-state index in [9.17, 15) is 4.39 Å². The minimum absolute atomic E-state index is 0.0597. The standard InChI is InChI=1S/C13H7BrClFN4/c14-9-1-7(3-17)13(10(15)2-9)20-5-8-4-19-6-11(16)12(8)18/h1-2,4-6H,(H2,18,19). The van der Waals surface area contributed by atoms with Crippen LogP contribution in [0.3, 0.4) is 0 Å². The van der Waals surface area contributed by atoms with Crippen molar-refractivity contribution in [2.24, 2.45) is 4.99 Å². The van der Waals surface area contributed by atoms with E-state index in [1.54, 1.807) is 12.1 Å². The lowest BCUT2D eigenvalue weighted by Crippen LogP contribution is -1.98. The first kappa shape index (κ1) is 14.4. The summed E-state index contributed by atoms with van der Waals surface area (Å²) in [4.78, 5) is 7.79. The van der Waals surface area contributed by atoms with Crippen LogP contribution in [0.2, 0.25) is 5.02 Å². The van der Waals surface area contributed by atoms with E-state index in [0.29, 0.717) is 26.3 Å². The predicted molar refractivity (Wildman–Crippen MR) is 79.7 cm³/mol. The van der Waals surface area contributed by atoms with Gasteiger partial charge in [-0.3, -0.25) is 9.98 Å². The van der Waals surface area contributed by atoms with Crippen LogP contribution in [0.25, 0.3) is 0 Å². The highest BCUT2D eigenvalue weighted by Crippen LogP contribution is 2.32. The number of halogens is 3. The van der Waals surface area contributed by atoms with Gasteiger partial charge in [0, 0.05) is 22.4 Å². The summed E-state index contributed by atoms with van der Waals surface area (Å²) in [5, 5.41) is 9.36. The van der Waals surface area contributed by atoms with Crippen molar-refractivity contribution in [2.75, 3.05) is 5.73 Å². The topological polar surface area (TPSA) is 75.1 Å². The number of anilines is 1. The van der Waals surface area contributed by atoms with Crippen LogP contribution in [0, 0.1) is 17.1 Å². The van der Waals surface area contributed by atoms with Crippen LogP contribution in [0.1, 0.15) is 11.1 Å². The van der Waals surface area contributed by atoms with E-state index in [4.69, 9.17) is 22.6 Å². The normalized spacial score (nSPS) is 10.7. The number of nitrogen functional groups attached to an aromatic ring is 1. The molecular formula is C13H7BrClFN4. The molecule has 0 saturated heterocycles. The number of rotatable bonds is 2. The fraction of sp³-hybridized carbons (Fsp3) is 0. The van der Waals surface area contributed by atoms with Gasteiger partial charge in [0.25, 0.3) is 0 Å². The molecule has 2 aromatic rings. The first-order valence-electron chi connectivity index (χ1n) is 5.35. The summed E-state index contributed by atoms with van der Waals surface area (Å²) in [6, 6.07) is 5.19. The van der Waals surface area contributed by atoms with E-state index in [0.717, 1.165) is 6.20 Å². The molecule has 1 aromatic carbocycles. The quantitative estimate of drug-likeness (QED) is 0.833. The van der Waals surface area contributed by atoms with Crippen LogP contribution in [0.15, 0.2) is 34.0 Å². The Hall–Kier alpha value is -1.97. The SMILES string of the molecule is N#Cc1cc(Br)cc(Cl)c1N=Cc1cncc(F)c1N. The summed E-state index contributed by atoms with van der Waals surface area (Å²) in [6.45, 7) is 0. The predicted octanol–water partition coefficient (Wildman–Crippen LogP) is 3.84. The van der Waals surface area contributed by atoms with Gasteiger partial charge in [0.15, 0.2) is 5.82 Å². The van der Waals surface area contributed by atoms with E-state index >= 15 is 0 Å². The van der Waals surface area contributed by atoms with Crippen molar-refractivity contribution < 1.29 is 4.39 Å². The summed E-state index contributed by atoms with van der Waals surface area (Å²) < 4.78 is 13.9. The molecule has 20 heavy (non-hydrogen) atoms. The Morgan fingerprint density at radius 2 is 2.20 bits per heavy atom. The van der Waals surface area contributed by atoms with Crippen molar-refractivity contribution in [1.82, 2.24) is 4.98 Å². The van der Waals surface area contributed by atoms with Crippen LogP contribution in [0.5, 0.6) is 0 Å². The number of hydrogen-bond donors (Lipinski definition) is 1. The molecule has 100 valence electrons. The van der Waals surface area contributed by atoms with E-state index < -0.39 is 5.82 Å². The van der Waals surface area contributed by atoms with E-state index in [2.05, 4.69) is 25.9 Å². The Balaban J connectivity index is 2.47. The Labute approximate surface area is 127 Å². The van der Waals surface area contributed by atoms with Gasteiger partial charge in [0.1, 0.15) is 6.07 Å². The fourth-order valence-corrected chi connectivity index (χ4v) is 2.34. The van der Waals surface area contributed by atoms with Gasteiger partial charge in [-0.2, -0.15) is 5.26 Å². The smallest absolute Gasteiger partial charge is 0.164 e. The fourth-order valence-electron chi connectivity index (χ4n) is 1.48. The molecule has 1 aromatic heterocycles. The average Bonchev–Trinajstić information content (AvgIpc) is 2.41. The molecule has 0 aliphatic rings. The van der Waals surface area contributed by atoms with Crippen LogP contribution in [-0.4, -0.2) is 11.2 Å². The van der Waals surface area contributed by atoms with E-state index in [-0.39, 0.29) is 5.69 Å². The third-order valence-corrected chi connectivity index (χ3v) is 3.20. The third kappa shape index (κ3) is 2.95. The van der Waals surface area contributed by atoms with Crippen molar-refractivity contribution in [3.63, 3.8) is 0 Å². The number of nitrogens with two attached hydrogens (primary N) is 1. The molecule has 0 aliphatic heterocycles. The molecule has 0 spiro atoms. The zero-order valence-corrected chi connectivity index (χ0v) is 12.3. The van der Waals surface area contributed by atoms with Gasteiger partial charge in [0.2, 0.25) is 0 Å². The Morgan fingerprint density at radius 3 is 2.90 bits per heavy atom. The molecule has 0 atom stereocenters. The van der Waals surface area contributed by atoms with E-state index in [1.807, 2.05) is 6.07 Å². The van der Waals surface area contributed by atoms with Gasteiger partial charge in [-0.05, 0) is 12.1 Å². The number of nitriles is 1. The lowest BCUT2D eigenvalue weighted by atomic mass is 10.2. The van der Waals surface area contributed by atoms with E-state index in [1.165, 1.54) is 12.4 Å². The van der Waals surface area contributed by atoms with Gasteiger partial charge in [0.05, 0.1) is 28.2 Å². The first-order valence-corrected chi connectivity index (χ1v) is 6.52. The number of hydrogen-bond acceptors (Lipinski definition) is 4. The zero-order chi connectivity index (χ0) is 14.7. The zero-order valence-electron chi connectivity index (χ0n) is 9.94. The van der Waals surface area contributed by atoms with Crippen LogP contribution < -0.4 is 5.73 Å². The Bertz CT molecular complexity index is 740. The molecule has 7 heteroatoms. The van der Waals surface area contributed by atoms with Crippen molar-refractivity contribution in [3.8, 4) is 6.07 Å². The maximum atomic E-state index is 13.2. The van der Waals surface area contributed by atoms with Crippen molar-refractivity contribution in [3.05, 3.63) is 51.0 Å². The molecular weight excluding hydrogens is 347 g/mol. The maximum absolute atomic E-state index is 13.2. The molecule has 0 amide bonds. The molecule has 0 bridgehead atoms. The second-order valence-corrected chi connectivity index (χ2v) is 5.10. The molecule has 0 fully saturated rings. The maximum Gasteiger partial charge on any atom is 0.164 e. The lowest BCUT2D eigenvalue weighted by Gasteiger charge is -2.03. The van der Waals surface area contributed by atoms with Crippen LogP contribution >= 0.6 is 27.5 Å². The van der Waals surface area contributed by atoms with Gasteiger partial charge in [-0.1, -0.05) is 27.5 Å². The van der Waals surface area contributed by atoms with Crippen molar-refractivity contribution >= 4 is 45.1 Å². The summed E-state index contributed by atoms with van der Waals surface area (Å²) in [7, 11) is 0. The average molecular weight is 354 g/mol. The van der Waals surface area contributed by atoms with Gasteiger partial charge < -0.3 is 5.73 Å². The number of benzene rings is 1. The second kappa shape index (κ2) is 5.99. The molecule has 2 rings (SSSR count). The highest BCUT2D eigenvalue weighted by atomic mass is 79.9. The molecule has 0 saturated carbocycles. The molecule has 0 radical (unpaired) electrons. The number of nitrogens with zero attached hydrogens (tertiary/aromatic N) is 3. The Morgan fingerprint density at radius 1 is 1.45 bits per heavy atom. The third-order valence-electron chi connectivity index (χ3n) is 2.45. The van der Waals surface area contributed by atoms with Crippen LogP contribution in [0.4, 0.5) is 15.8 Å². The summed E-state index contributed by atoms with van der Waals surface area (Å²) >= 11 is 9.27. The van der Waals surface area contributed by atoms with Gasteiger partial charge in [-0.15, -0.1) is 0 Å². The lowest BCUT2D eigenvalue weighted by molar-refractivity contribution is 0.626. The first-order chi connectivity index (χ1) is 9.52. The van der Waals surface area contributed by atoms with Gasteiger partial charge in [-0.25, -0.2) is 4.39 Å². The highest BCUT2D eigenvalue weighted by Gasteiger charge is 2.08. The molecule has 1 heterocycles. The molecule has 2 N–H and O–H groups in total. The van der Waals surface area contributed by atoms with Crippen molar-refractivity contribution in [2.45, 2.75) is 0 Å². The monoisotopic (exact) mass is 352 g/mol.